The molecule has 0 radical (unpaired) electrons. The molecule has 0 unspecified atom stereocenters. The number of hydrogen-bond donors (Lipinski definition) is 3. The average Bonchev–Trinajstić information content (AvgIpc) is 3.42. The number of esters is 1. The molecule has 4 atom stereocenters. The van der Waals surface area contributed by atoms with Crippen LogP contribution in [0.25, 0.3) is 0 Å². The Morgan fingerprint density at radius 2 is 1.52 bits per heavy atom. The van der Waals surface area contributed by atoms with Gasteiger partial charge in [-0.15, -0.1) is 22.9 Å². The van der Waals surface area contributed by atoms with Crippen LogP contribution in [-0.4, -0.2) is 91.5 Å². The molecule has 0 aliphatic rings. The number of carbonyl (C=O) groups excluding carboxylic acids is 5. The summed E-state index contributed by atoms with van der Waals surface area (Å²) in [7, 11) is 2.71. The van der Waals surface area contributed by atoms with Crippen LogP contribution in [-0.2, 0) is 39.8 Å². The van der Waals surface area contributed by atoms with Gasteiger partial charge in [0.15, 0.2) is 11.4 Å². The van der Waals surface area contributed by atoms with E-state index >= 15 is 0 Å². The Kier molecular flexibility index (Phi) is 14.0. The van der Waals surface area contributed by atoms with Crippen LogP contribution in [0.15, 0.2) is 36.5 Å². The standard InChI is InChI=1S/C28H37ClN4O8S/c1-6-28(3,41-23(34)13-29)24(35)19(12-18-10-8-7-9-11-18)31-25(36)20(15-39-4)32-26(37)21(16-40-5)33-27(38)22-14-30-17(2)42-22/h7-11,14,19-21H,6,12-13,15-16H2,1-5H3,(H,31,36)(H,32,37)(H,33,38)/t19-,20-,21-,28+/m0/s1. The van der Waals surface area contributed by atoms with Gasteiger partial charge < -0.3 is 30.2 Å². The number of aryl methyl sites for hydroxylation is 1. The van der Waals surface area contributed by atoms with E-state index in [4.69, 9.17) is 25.8 Å². The van der Waals surface area contributed by atoms with Crippen LogP contribution < -0.4 is 16.0 Å². The molecule has 3 amide bonds. The summed E-state index contributed by atoms with van der Waals surface area (Å²) in [5.74, 6) is -3.71. The zero-order valence-electron chi connectivity index (χ0n) is 24.2. The summed E-state index contributed by atoms with van der Waals surface area (Å²) in [4.78, 5) is 69.4. The SMILES string of the molecule is CC[C@@](C)(OC(=O)CCl)C(=O)[C@H](Cc1ccccc1)NC(=O)[C@H](COC)NC(=O)[C@H](COC)NC(=O)c1cnc(C)s1. The van der Waals surface area contributed by atoms with E-state index in [-0.39, 0.29) is 26.1 Å². The van der Waals surface area contributed by atoms with Crippen LogP contribution in [0.5, 0.6) is 0 Å². The molecule has 0 saturated carbocycles. The Morgan fingerprint density at radius 1 is 0.952 bits per heavy atom. The van der Waals surface area contributed by atoms with E-state index in [0.29, 0.717) is 9.88 Å². The molecule has 14 heteroatoms. The average molecular weight is 625 g/mol. The van der Waals surface area contributed by atoms with Crippen molar-refractivity contribution >= 4 is 52.4 Å². The number of nitrogens with zero attached hydrogens (tertiary/aromatic N) is 1. The fourth-order valence-corrected chi connectivity index (χ4v) is 4.68. The lowest BCUT2D eigenvalue weighted by Crippen LogP contribution is -2.60. The summed E-state index contributed by atoms with van der Waals surface area (Å²) in [5.41, 5.74) is -0.826. The molecule has 1 aromatic heterocycles. The Balaban J connectivity index is 2.27. The van der Waals surface area contributed by atoms with E-state index in [9.17, 15) is 24.0 Å². The summed E-state index contributed by atoms with van der Waals surface area (Å²) in [5, 5.41) is 8.53. The van der Waals surface area contributed by atoms with Crippen molar-refractivity contribution in [3.8, 4) is 0 Å². The number of hydrogen-bond acceptors (Lipinski definition) is 10. The minimum absolute atomic E-state index is 0.0870. The molecule has 0 fully saturated rings. The summed E-state index contributed by atoms with van der Waals surface area (Å²) in [6.45, 7) is 4.47. The maximum Gasteiger partial charge on any atom is 0.321 e. The zero-order valence-corrected chi connectivity index (χ0v) is 25.8. The number of carbonyl (C=O) groups is 5. The van der Waals surface area contributed by atoms with Crippen LogP contribution in [0.4, 0.5) is 0 Å². The third-order valence-corrected chi connectivity index (χ3v) is 7.46. The number of alkyl halides is 1. The van der Waals surface area contributed by atoms with Gasteiger partial charge in [0.05, 0.1) is 30.5 Å². The second kappa shape index (κ2) is 16.9. The third-order valence-electron chi connectivity index (χ3n) is 6.33. The molecule has 0 saturated heterocycles. The van der Waals surface area contributed by atoms with Gasteiger partial charge in [0.1, 0.15) is 22.8 Å². The third kappa shape index (κ3) is 10.2. The normalized spacial score (nSPS) is 14.5. The van der Waals surface area contributed by atoms with Gasteiger partial charge in [-0.05, 0) is 32.3 Å². The molecule has 0 bridgehead atoms. The number of amides is 3. The van der Waals surface area contributed by atoms with E-state index in [1.165, 1.54) is 27.3 Å². The number of thiazole rings is 1. The number of Topliss-reactive ketones (excluding diaryl/α,β-unsaturated/α-hetero) is 1. The molecule has 0 aliphatic carbocycles. The highest BCUT2D eigenvalue weighted by Gasteiger charge is 2.41. The fourth-order valence-electron chi connectivity index (χ4n) is 3.94. The van der Waals surface area contributed by atoms with Crippen molar-refractivity contribution in [2.24, 2.45) is 0 Å². The predicted octanol–water partition coefficient (Wildman–Crippen LogP) is 1.57. The Hall–Kier alpha value is -3.39. The van der Waals surface area contributed by atoms with Crippen molar-refractivity contribution in [2.75, 3.05) is 33.3 Å². The first kappa shape index (κ1) is 34.8. The second-order valence-corrected chi connectivity index (χ2v) is 11.1. The number of methoxy groups -OCH3 is 2. The van der Waals surface area contributed by atoms with Crippen LogP contribution in [0.2, 0.25) is 0 Å². The maximum atomic E-state index is 13.7. The van der Waals surface area contributed by atoms with Gasteiger partial charge >= 0.3 is 5.97 Å². The first-order chi connectivity index (χ1) is 20.0. The topological polar surface area (TPSA) is 162 Å². The quantitative estimate of drug-likeness (QED) is 0.175. The zero-order chi connectivity index (χ0) is 31.3. The number of rotatable bonds is 17. The van der Waals surface area contributed by atoms with Gasteiger partial charge in [-0.1, -0.05) is 37.3 Å². The fraction of sp³-hybridized carbons (Fsp3) is 0.500. The first-order valence-electron chi connectivity index (χ1n) is 13.2. The van der Waals surface area contributed by atoms with Crippen LogP contribution in [0.1, 0.15) is 40.5 Å². The molecule has 1 heterocycles. The minimum Gasteiger partial charge on any atom is -0.450 e. The van der Waals surface area contributed by atoms with Crippen molar-refractivity contribution < 1.29 is 38.2 Å². The number of nitrogens with one attached hydrogen (secondary N) is 3. The van der Waals surface area contributed by atoms with Gasteiger partial charge in [-0.3, -0.25) is 24.0 Å². The highest BCUT2D eigenvalue weighted by atomic mass is 35.5. The summed E-state index contributed by atoms with van der Waals surface area (Å²) < 4.78 is 15.7. The first-order valence-corrected chi connectivity index (χ1v) is 14.5. The lowest BCUT2D eigenvalue weighted by atomic mass is 9.88. The highest BCUT2D eigenvalue weighted by Crippen LogP contribution is 2.21. The highest BCUT2D eigenvalue weighted by molar-refractivity contribution is 7.13. The Bertz CT molecular complexity index is 1230. The Labute approximate surface area is 253 Å². The van der Waals surface area contributed by atoms with Crippen molar-refractivity contribution in [1.82, 2.24) is 20.9 Å². The minimum atomic E-state index is -1.57. The second-order valence-electron chi connectivity index (χ2n) is 9.55. The maximum absolute atomic E-state index is 13.7. The molecule has 12 nitrogen and oxygen atoms in total. The summed E-state index contributed by atoms with van der Waals surface area (Å²) in [6, 6.07) is 5.45. The van der Waals surface area contributed by atoms with Gasteiger partial charge in [-0.2, -0.15) is 0 Å². The van der Waals surface area contributed by atoms with E-state index in [1.807, 2.05) is 6.07 Å². The number of aromatic nitrogens is 1. The molecule has 0 spiro atoms. The number of ketones is 1. The molecule has 2 rings (SSSR count). The number of benzene rings is 1. The van der Waals surface area contributed by atoms with Crippen molar-refractivity contribution in [2.45, 2.75) is 57.3 Å². The number of halogens is 1. The largest absolute Gasteiger partial charge is 0.450 e. The molecule has 3 N–H and O–H groups in total. The molecule has 0 aliphatic heterocycles. The van der Waals surface area contributed by atoms with E-state index < -0.39 is 59.1 Å². The molecule has 42 heavy (non-hydrogen) atoms. The summed E-state index contributed by atoms with van der Waals surface area (Å²) in [6.07, 6.45) is 1.62. The van der Waals surface area contributed by atoms with Gasteiger partial charge in [0.25, 0.3) is 5.91 Å². The monoisotopic (exact) mass is 624 g/mol. The van der Waals surface area contributed by atoms with Crippen LogP contribution >= 0.6 is 22.9 Å². The van der Waals surface area contributed by atoms with E-state index in [0.717, 1.165) is 16.9 Å². The van der Waals surface area contributed by atoms with Crippen molar-refractivity contribution in [3.63, 3.8) is 0 Å². The molecule has 230 valence electrons. The smallest absolute Gasteiger partial charge is 0.321 e. The molecular formula is C28H37ClN4O8S. The van der Waals surface area contributed by atoms with Gasteiger partial charge in [0, 0.05) is 14.2 Å². The van der Waals surface area contributed by atoms with E-state index in [1.54, 1.807) is 38.1 Å². The van der Waals surface area contributed by atoms with Gasteiger partial charge in [0.2, 0.25) is 11.8 Å². The molecule has 1 aromatic carbocycles. The van der Waals surface area contributed by atoms with Crippen molar-refractivity contribution in [3.05, 3.63) is 52.0 Å². The lowest BCUT2D eigenvalue weighted by molar-refractivity contribution is -0.165. The molecule has 2 aromatic rings. The summed E-state index contributed by atoms with van der Waals surface area (Å²) >= 11 is 6.77. The van der Waals surface area contributed by atoms with Crippen LogP contribution in [0.3, 0.4) is 0 Å². The van der Waals surface area contributed by atoms with E-state index in [2.05, 4.69) is 20.9 Å². The Morgan fingerprint density at radius 3 is 2.02 bits per heavy atom. The lowest BCUT2D eigenvalue weighted by Gasteiger charge is -2.32. The van der Waals surface area contributed by atoms with Gasteiger partial charge in [-0.25, -0.2) is 4.98 Å². The molecular weight excluding hydrogens is 588 g/mol. The predicted molar refractivity (Wildman–Crippen MR) is 156 cm³/mol. The van der Waals surface area contributed by atoms with Crippen molar-refractivity contribution in [1.29, 1.82) is 0 Å². The number of ether oxygens (including phenoxy) is 3. The van der Waals surface area contributed by atoms with Crippen LogP contribution in [0, 0.1) is 6.92 Å².